The largest absolute Gasteiger partial charge is 0.370 e. The minimum Gasteiger partial charge on any atom is -0.370 e. The van der Waals surface area contributed by atoms with Gasteiger partial charge in [-0.05, 0) is 45.0 Å². The molecule has 1 aromatic heterocycles. The fourth-order valence-electron chi connectivity index (χ4n) is 2.81. The summed E-state index contributed by atoms with van der Waals surface area (Å²) in [6.45, 7) is 2.06. The zero-order valence-electron chi connectivity index (χ0n) is 12.3. The van der Waals surface area contributed by atoms with Gasteiger partial charge in [0, 0.05) is 18.8 Å². The van der Waals surface area contributed by atoms with Gasteiger partial charge in [0.05, 0.1) is 5.56 Å². The number of rotatable bonds is 6. The minimum absolute atomic E-state index is 0.604. The van der Waals surface area contributed by atoms with E-state index in [1.54, 1.807) is 12.3 Å². The first-order chi connectivity index (χ1) is 9.79. The molecule has 1 saturated carbocycles. The number of anilines is 1. The molecule has 4 nitrogen and oxygen atoms in total. The Bertz CT molecular complexity index is 429. The number of nitrogens with zero attached hydrogens (tertiary/aromatic N) is 3. The van der Waals surface area contributed by atoms with Crippen molar-refractivity contribution in [2.45, 2.75) is 44.6 Å². The van der Waals surface area contributed by atoms with Gasteiger partial charge in [0.1, 0.15) is 11.9 Å². The molecule has 1 fully saturated rings. The summed E-state index contributed by atoms with van der Waals surface area (Å²) in [6.07, 6.45) is 9.65. The first-order valence-corrected chi connectivity index (χ1v) is 7.60. The Kier molecular flexibility index (Phi) is 5.82. The molecule has 1 aliphatic rings. The fraction of sp³-hybridized carbons (Fsp3) is 0.625. The van der Waals surface area contributed by atoms with E-state index >= 15 is 0 Å². The van der Waals surface area contributed by atoms with E-state index in [2.05, 4.69) is 28.3 Å². The molecule has 108 valence electrons. The van der Waals surface area contributed by atoms with Gasteiger partial charge in [-0.25, -0.2) is 4.98 Å². The normalized spacial score (nSPS) is 16.1. The third-order valence-electron chi connectivity index (χ3n) is 4.08. The van der Waals surface area contributed by atoms with Gasteiger partial charge in [0.2, 0.25) is 0 Å². The van der Waals surface area contributed by atoms with E-state index in [-0.39, 0.29) is 0 Å². The van der Waals surface area contributed by atoms with E-state index in [1.807, 2.05) is 6.07 Å². The molecule has 0 spiro atoms. The predicted molar refractivity (Wildman–Crippen MR) is 81.6 cm³/mol. The van der Waals surface area contributed by atoms with Crippen LogP contribution in [-0.2, 0) is 0 Å². The summed E-state index contributed by atoms with van der Waals surface area (Å²) in [5.41, 5.74) is 0.604. The van der Waals surface area contributed by atoms with Crippen LogP contribution in [0.25, 0.3) is 0 Å². The maximum atomic E-state index is 8.71. The molecule has 0 unspecified atom stereocenters. The molecule has 20 heavy (non-hydrogen) atoms. The van der Waals surface area contributed by atoms with Gasteiger partial charge in [0.25, 0.3) is 0 Å². The molecule has 0 aromatic carbocycles. The van der Waals surface area contributed by atoms with Crippen LogP contribution in [0.3, 0.4) is 0 Å². The number of aromatic nitrogens is 1. The minimum atomic E-state index is 0.604. The molecule has 1 N–H and O–H groups in total. The number of nitrogens with one attached hydrogen (secondary N) is 1. The van der Waals surface area contributed by atoms with Gasteiger partial charge >= 0.3 is 0 Å². The average Bonchev–Trinajstić information content (AvgIpc) is 2.53. The Labute approximate surface area is 121 Å². The summed E-state index contributed by atoms with van der Waals surface area (Å²) in [4.78, 5) is 6.72. The highest BCUT2D eigenvalue weighted by Crippen LogP contribution is 2.21. The fourth-order valence-corrected chi connectivity index (χ4v) is 2.81. The lowest BCUT2D eigenvalue weighted by Crippen LogP contribution is -2.34. The lowest BCUT2D eigenvalue weighted by atomic mass is 9.94. The van der Waals surface area contributed by atoms with Crippen LogP contribution in [0.5, 0.6) is 0 Å². The highest BCUT2D eigenvalue weighted by atomic mass is 15.1. The van der Waals surface area contributed by atoms with E-state index < -0.39 is 0 Å². The van der Waals surface area contributed by atoms with Crippen molar-refractivity contribution < 1.29 is 0 Å². The summed E-state index contributed by atoms with van der Waals surface area (Å²) < 4.78 is 0. The lowest BCUT2D eigenvalue weighted by Gasteiger charge is -2.31. The molecule has 1 aromatic rings. The maximum absolute atomic E-state index is 8.71. The topological polar surface area (TPSA) is 52.0 Å². The summed E-state index contributed by atoms with van der Waals surface area (Å²) in [5.74, 6) is 0.851. The van der Waals surface area contributed by atoms with Crippen molar-refractivity contribution in [1.29, 1.82) is 5.26 Å². The Morgan fingerprint density at radius 1 is 1.35 bits per heavy atom. The molecular weight excluding hydrogens is 248 g/mol. The smallest absolute Gasteiger partial charge is 0.125 e. The third kappa shape index (κ3) is 4.50. The first-order valence-electron chi connectivity index (χ1n) is 7.60. The molecule has 0 radical (unpaired) electrons. The van der Waals surface area contributed by atoms with E-state index in [0.29, 0.717) is 5.56 Å². The molecule has 4 heteroatoms. The van der Waals surface area contributed by atoms with Crippen LogP contribution in [0.2, 0.25) is 0 Å². The average molecular weight is 272 g/mol. The van der Waals surface area contributed by atoms with Crippen LogP contribution < -0.4 is 5.32 Å². The van der Waals surface area contributed by atoms with Crippen LogP contribution in [0, 0.1) is 11.3 Å². The Morgan fingerprint density at radius 3 is 2.80 bits per heavy atom. The maximum Gasteiger partial charge on any atom is 0.125 e. The van der Waals surface area contributed by atoms with Crippen molar-refractivity contribution >= 4 is 5.82 Å². The molecular formula is C16H24N4. The predicted octanol–water partition coefficient (Wildman–Crippen LogP) is 3.02. The molecule has 0 amide bonds. The molecule has 1 heterocycles. The second kappa shape index (κ2) is 7.86. The summed E-state index contributed by atoms with van der Waals surface area (Å²) in [7, 11) is 2.25. The van der Waals surface area contributed by atoms with Crippen molar-refractivity contribution in [3.8, 4) is 6.07 Å². The van der Waals surface area contributed by atoms with E-state index in [9.17, 15) is 0 Å². The van der Waals surface area contributed by atoms with Gasteiger partial charge in [-0.15, -0.1) is 0 Å². The third-order valence-corrected chi connectivity index (χ3v) is 4.08. The standard InChI is InChI=1S/C16H24N4/c1-20(15-6-3-2-4-7-15)11-5-10-18-16-9-8-14(12-17)13-19-16/h8-9,13,15H,2-7,10-11H2,1H3,(H,18,19). The highest BCUT2D eigenvalue weighted by molar-refractivity contribution is 5.38. The second-order valence-electron chi connectivity index (χ2n) is 5.60. The Balaban J connectivity index is 1.64. The summed E-state index contributed by atoms with van der Waals surface area (Å²) in [6, 6.07) is 6.52. The van der Waals surface area contributed by atoms with Crippen LogP contribution >= 0.6 is 0 Å². The lowest BCUT2D eigenvalue weighted by molar-refractivity contribution is 0.191. The molecule has 0 saturated heterocycles. The van der Waals surface area contributed by atoms with Gasteiger partial charge in [-0.2, -0.15) is 5.26 Å². The molecule has 0 aliphatic heterocycles. The Hall–Kier alpha value is -1.60. The van der Waals surface area contributed by atoms with Crippen LogP contribution in [-0.4, -0.2) is 36.1 Å². The van der Waals surface area contributed by atoms with E-state index in [1.165, 1.54) is 32.1 Å². The molecule has 0 atom stereocenters. The molecule has 2 rings (SSSR count). The number of hydrogen-bond acceptors (Lipinski definition) is 4. The summed E-state index contributed by atoms with van der Waals surface area (Å²) in [5, 5.41) is 12.0. The van der Waals surface area contributed by atoms with Crippen molar-refractivity contribution in [3.63, 3.8) is 0 Å². The number of nitriles is 1. The van der Waals surface area contributed by atoms with Crippen molar-refractivity contribution in [3.05, 3.63) is 23.9 Å². The van der Waals surface area contributed by atoms with Crippen LogP contribution in [0.15, 0.2) is 18.3 Å². The van der Waals surface area contributed by atoms with E-state index in [0.717, 1.165) is 31.4 Å². The monoisotopic (exact) mass is 272 g/mol. The van der Waals surface area contributed by atoms with Crippen molar-refractivity contribution in [1.82, 2.24) is 9.88 Å². The SMILES string of the molecule is CN(CCCNc1ccc(C#N)cn1)C1CCCCC1. The zero-order chi connectivity index (χ0) is 14.2. The van der Waals surface area contributed by atoms with Crippen LogP contribution in [0.4, 0.5) is 5.82 Å². The number of pyridine rings is 1. The van der Waals surface area contributed by atoms with Gasteiger partial charge in [0.15, 0.2) is 0 Å². The number of hydrogen-bond donors (Lipinski definition) is 1. The zero-order valence-corrected chi connectivity index (χ0v) is 12.3. The molecule has 1 aliphatic carbocycles. The summed E-state index contributed by atoms with van der Waals surface area (Å²) >= 11 is 0. The molecule has 0 bridgehead atoms. The van der Waals surface area contributed by atoms with Crippen LogP contribution in [0.1, 0.15) is 44.1 Å². The quantitative estimate of drug-likeness (QED) is 0.809. The first kappa shape index (κ1) is 14.8. The van der Waals surface area contributed by atoms with Crippen molar-refractivity contribution in [2.75, 3.05) is 25.5 Å². The highest BCUT2D eigenvalue weighted by Gasteiger charge is 2.17. The van der Waals surface area contributed by atoms with Gasteiger partial charge in [-0.3, -0.25) is 0 Å². The van der Waals surface area contributed by atoms with Gasteiger partial charge < -0.3 is 10.2 Å². The Morgan fingerprint density at radius 2 is 2.15 bits per heavy atom. The van der Waals surface area contributed by atoms with E-state index in [4.69, 9.17) is 5.26 Å². The van der Waals surface area contributed by atoms with Crippen molar-refractivity contribution in [2.24, 2.45) is 0 Å². The van der Waals surface area contributed by atoms with Gasteiger partial charge in [-0.1, -0.05) is 19.3 Å². The second-order valence-corrected chi connectivity index (χ2v) is 5.60.